The zero-order chi connectivity index (χ0) is 23.0. The molecule has 3 aromatic rings. The number of unbranched alkanes of at least 4 members (excludes halogenated alkanes) is 2. The van der Waals surface area contributed by atoms with Gasteiger partial charge in [0.1, 0.15) is 12.4 Å². The molecule has 2 aromatic carbocycles. The Bertz CT molecular complexity index is 1120. The molecule has 0 radical (unpaired) electrons. The lowest BCUT2D eigenvalue weighted by Crippen LogP contribution is -2.24. The van der Waals surface area contributed by atoms with Crippen molar-refractivity contribution in [2.45, 2.75) is 32.3 Å². The van der Waals surface area contributed by atoms with Crippen molar-refractivity contribution in [3.8, 4) is 17.2 Å². The lowest BCUT2D eigenvalue weighted by molar-refractivity contribution is -0.111. The molecule has 9 nitrogen and oxygen atoms in total. The molecule has 172 valence electrons. The number of carbonyl (C=O) groups excluding carboxylic acids is 1. The number of carbonyl (C=O) groups is 1. The number of halogens is 1. The van der Waals surface area contributed by atoms with Crippen molar-refractivity contribution < 1.29 is 19.0 Å². The van der Waals surface area contributed by atoms with Crippen LogP contribution in [0.1, 0.15) is 43.7 Å². The Morgan fingerprint density at radius 2 is 2.24 bits per heavy atom. The molecule has 1 unspecified atom stereocenters. The number of hydrogen-bond acceptors (Lipinski definition) is 7. The Hall–Kier alpha value is -3.59. The minimum atomic E-state index is -0.508. The van der Waals surface area contributed by atoms with E-state index in [-0.39, 0.29) is 12.5 Å². The van der Waals surface area contributed by atoms with Gasteiger partial charge in [-0.05, 0) is 52.8 Å². The second kappa shape index (κ2) is 10.8. The molecule has 4 rings (SSSR count). The van der Waals surface area contributed by atoms with Crippen molar-refractivity contribution >= 4 is 29.3 Å². The second-order valence-corrected chi connectivity index (χ2v) is 7.81. The molecule has 2 N–H and O–H groups in total. The maximum atomic E-state index is 12.5. The van der Waals surface area contributed by atoms with Crippen molar-refractivity contribution in [3.05, 3.63) is 58.9 Å². The van der Waals surface area contributed by atoms with Crippen molar-refractivity contribution in [3.63, 3.8) is 0 Å². The summed E-state index contributed by atoms with van der Waals surface area (Å²) in [5.74, 6) is 1.70. The van der Waals surface area contributed by atoms with Crippen LogP contribution in [-0.2, 0) is 4.79 Å². The lowest BCUT2D eigenvalue weighted by Gasteiger charge is -2.26. The Morgan fingerprint density at radius 3 is 3.03 bits per heavy atom. The summed E-state index contributed by atoms with van der Waals surface area (Å²) in [6, 6.07) is 10.7. The third-order valence-electron chi connectivity index (χ3n) is 4.94. The highest BCUT2D eigenvalue weighted by Crippen LogP contribution is 2.41. The average molecular weight is 470 g/mol. The largest absolute Gasteiger partial charge is 0.492 e. The second-order valence-electron chi connectivity index (χ2n) is 7.40. The molecule has 1 aliphatic heterocycles. The van der Waals surface area contributed by atoms with Crippen molar-refractivity contribution in [2.24, 2.45) is 0 Å². The smallest absolute Gasteiger partial charge is 0.248 e. The number of fused-ring (bicyclic) bond motifs is 1. The van der Waals surface area contributed by atoms with E-state index in [2.05, 4.69) is 32.9 Å². The maximum Gasteiger partial charge on any atom is 0.248 e. The first-order valence-corrected chi connectivity index (χ1v) is 11.1. The van der Waals surface area contributed by atoms with E-state index in [1.807, 2.05) is 12.1 Å². The van der Waals surface area contributed by atoms with Gasteiger partial charge >= 0.3 is 0 Å². The molecule has 0 saturated carbocycles. The number of H-pyrrole nitrogens is 1. The van der Waals surface area contributed by atoms with E-state index in [1.54, 1.807) is 30.3 Å². The van der Waals surface area contributed by atoms with Gasteiger partial charge in [0.2, 0.25) is 5.91 Å². The highest BCUT2D eigenvalue weighted by Gasteiger charge is 2.27. The highest BCUT2D eigenvalue weighted by atomic mass is 35.5. The number of para-hydroxylation sites is 1. The Labute approximate surface area is 196 Å². The Morgan fingerprint density at radius 1 is 1.33 bits per heavy atom. The minimum Gasteiger partial charge on any atom is -0.492 e. The van der Waals surface area contributed by atoms with Gasteiger partial charge in [-0.25, -0.2) is 5.10 Å². The summed E-state index contributed by atoms with van der Waals surface area (Å²) in [5, 5.41) is 17.0. The molecule has 1 amide bonds. The zero-order valence-electron chi connectivity index (χ0n) is 18.1. The van der Waals surface area contributed by atoms with E-state index in [4.69, 9.17) is 25.8 Å². The summed E-state index contributed by atoms with van der Waals surface area (Å²) in [6.45, 7) is 3.02. The fourth-order valence-electron chi connectivity index (χ4n) is 3.25. The number of amides is 1. The SMILES string of the molecule is CCCCCOc1ccc(C=CC(=O)Nc2cccc3c2OC(c2nnn[nH]2)CO3)cc1Cl. The van der Waals surface area contributed by atoms with Gasteiger partial charge in [0, 0.05) is 6.08 Å². The van der Waals surface area contributed by atoms with Gasteiger partial charge in [0.05, 0.1) is 17.3 Å². The molecule has 0 fully saturated rings. The van der Waals surface area contributed by atoms with Gasteiger partial charge in [-0.2, -0.15) is 0 Å². The van der Waals surface area contributed by atoms with Crippen LogP contribution in [0.2, 0.25) is 5.02 Å². The minimum absolute atomic E-state index is 0.250. The Kier molecular flexibility index (Phi) is 7.41. The molecule has 1 aliphatic rings. The van der Waals surface area contributed by atoms with E-state index in [0.717, 1.165) is 24.8 Å². The van der Waals surface area contributed by atoms with Crippen LogP contribution in [0.15, 0.2) is 42.5 Å². The standard InChI is InChI=1S/C23H24ClN5O4/c1-2-3-4-12-31-18-10-8-15(13-16(18)24)9-11-21(30)25-17-6-5-7-19-22(17)33-20(14-32-19)23-26-28-29-27-23/h5-11,13,20H,2-4,12,14H2,1H3,(H,25,30)(H,26,27,28,29). The maximum absolute atomic E-state index is 12.5. The summed E-state index contributed by atoms with van der Waals surface area (Å²) < 4.78 is 17.4. The van der Waals surface area contributed by atoms with Crippen LogP contribution < -0.4 is 19.5 Å². The van der Waals surface area contributed by atoms with Crippen LogP contribution in [0.25, 0.3) is 6.08 Å². The number of benzene rings is 2. The van der Waals surface area contributed by atoms with Crippen LogP contribution >= 0.6 is 11.6 Å². The van der Waals surface area contributed by atoms with Crippen LogP contribution in [-0.4, -0.2) is 39.7 Å². The molecule has 0 spiro atoms. The number of aromatic nitrogens is 4. The fourth-order valence-corrected chi connectivity index (χ4v) is 3.49. The quantitative estimate of drug-likeness (QED) is 0.348. The predicted octanol–water partition coefficient (Wildman–Crippen LogP) is 4.59. The summed E-state index contributed by atoms with van der Waals surface area (Å²) in [7, 11) is 0. The van der Waals surface area contributed by atoms with Gasteiger partial charge in [-0.15, -0.1) is 5.10 Å². The van der Waals surface area contributed by atoms with Crippen molar-refractivity contribution in [1.29, 1.82) is 0 Å². The van der Waals surface area contributed by atoms with Crippen LogP contribution in [0.4, 0.5) is 5.69 Å². The first-order chi connectivity index (χ1) is 16.1. The molecule has 10 heteroatoms. The van der Waals surface area contributed by atoms with Gasteiger partial charge in [-0.1, -0.05) is 43.5 Å². The molecule has 2 heterocycles. The summed E-state index contributed by atoms with van der Waals surface area (Å²) >= 11 is 6.32. The molecule has 0 bridgehead atoms. The van der Waals surface area contributed by atoms with Crippen LogP contribution in [0.5, 0.6) is 17.2 Å². The number of aromatic amines is 1. The van der Waals surface area contributed by atoms with E-state index < -0.39 is 6.10 Å². The molecule has 0 saturated heterocycles. The van der Waals surface area contributed by atoms with Crippen molar-refractivity contribution in [2.75, 3.05) is 18.5 Å². The molecule has 1 atom stereocenters. The topological polar surface area (TPSA) is 111 Å². The predicted molar refractivity (Wildman–Crippen MR) is 124 cm³/mol. The van der Waals surface area contributed by atoms with E-state index >= 15 is 0 Å². The third-order valence-corrected chi connectivity index (χ3v) is 5.24. The molecular weight excluding hydrogens is 446 g/mol. The van der Waals surface area contributed by atoms with Gasteiger partial charge in [-0.3, -0.25) is 4.79 Å². The van der Waals surface area contributed by atoms with E-state index in [0.29, 0.717) is 40.4 Å². The number of rotatable bonds is 9. The number of hydrogen-bond donors (Lipinski definition) is 2. The summed E-state index contributed by atoms with van der Waals surface area (Å²) in [4.78, 5) is 12.5. The molecule has 0 aliphatic carbocycles. The number of nitrogens with zero attached hydrogens (tertiary/aromatic N) is 3. The first-order valence-electron chi connectivity index (χ1n) is 10.7. The van der Waals surface area contributed by atoms with Gasteiger partial charge < -0.3 is 19.5 Å². The number of anilines is 1. The number of tetrazole rings is 1. The fraction of sp³-hybridized carbons (Fsp3) is 0.304. The molecule has 1 aromatic heterocycles. The van der Waals surface area contributed by atoms with Gasteiger partial charge in [0.25, 0.3) is 0 Å². The Balaban J connectivity index is 1.39. The zero-order valence-corrected chi connectivity index (χ0v) is 18.8. The van der Waals surface area contributed by atoms with Crippen LogP contribution in [0.3, 0.4) is 0 Å². The van der Waals surface area contributed by atoms with Gasteiger partial charge in [0.15, 0.2) is 23.4 Å². The summed E-state index contributed by atoms with van der Waals surface area (Å²) in [6.07, 6.45) is 5.83. The van der Waals surface area contributed by atoms with Crippen LogP contribution in [0, 0.1) is 0 Å². The number of nitrogens with one attached hydrogen (secondary N) is 2. The monoisotopic (exact) mass is 469 g/mol. The third kappa shape index (κ3) is 5.81. The van der Waals surface area contributed by atoms with E-state index in [1.165, 1.54) is 6.08 Å². The highest BCUT2D eigenvalue weighted by molar-refractivity contribution is 6.32. The van der Waals surface area contributed by atoms with Crippen molar-refractivity contribution in [1.82, 2.24) is 20.6 Å². The summed E-state index contributed by atoms with van der Waals surface area (Å²) in [5.41, 5.74) is 1.26. The normalized spacial score (nSPS) is 14.9. The average Bonchev–Trinajstić information content (AvgIpc) is 3.37. The lowest BCUT2D eigenvalue weighted by atomic mass is 10.2. The first kappa shape index (κ1) is 22.6. The number of ether oxygens (including phenoxy) is 3. The van der Waals surface area contributed by atoms with E-state index in [9.17, 15) is 4.79 Å². The molecular formula is C23H24ClN5O4. The molecule has 33 heavy (non-hydrogen) atoms.